The van der Waals surface area contributed by atoms with Crippen LogP contribution in [-0.2, 0) is 6.42 Å². The number of rotatable bonds is 4. The van der Waals surface area contributed by atoms with E-state index in [-0.39, 0.29) is 10.6 Å². The molecule has 0 radical (unpaired) electrons. The zero-order chi connectivity index (χ0) is 14.7. The number of hydrogen-bond acceptors (Lipinski definition) is 1. The van der Waals surface area contributed by atoms with Crippen LogP contribution in [0.2, 0.25) is 5.02 Å². The largest absolute Gasteiger partial charge is 0.497 e. The van der Waals surface area contributed by atoms with Gasteiger partial charge in [0.25, 0.3) is 0 Å². The van der Waals surface area contributed by atoms with Gasteiger partial charge >= 0.3 is 0 Å². The van der Waals surface area contributed by atoms with Crippen molar-refractivity contribution >= 4 is 23.2 Å². The molecule has 0 amide bonds. The first kappa shape index (κ1) is 15.1. The van der Waals surface area contributed by atoms with E-state index in [0.29, 0.717) is 12.2 Å². The quantitative estimate of drug-likeness (QED) is 0.560. The van der Waals surface area contributed by atoms with Crippen molar-refractivity contribution in [3.8, 4) is 5.75 Å². The Morgan fingerprint density at radius 1 is 1.15 bits per heavy atom. The molecule has 0 bridgehead atoms. The molecule has 0 spiro atoms. The zero-order valence-corrected chi connectivity index (χ0v) is 12.2. The van der Waals surface area contributed by atoms with Crippen molar-refractivity contribution in [1.82, 2.24) is 0 Å². The number of halogens is 4. The van der Waals surface area contributed by atoms with Gasteiger partial charge < -0.3 is 4.74 Å². The van der Waals surface area contributed by atoms with E-state index in [1.165, 1.54) is 0 Å². The van der Waals surface area contributed by atoms with E-state index in [1.807, 2.05) is 12.1 Å². The second kappa shape index (κ2) is 6.42. The van der Waals surface area contributed by atoms with Crippen molar-refractivity contribution in [3.05, 3.63) is 64.2 Å². The summed E-state index contributed by atoms with van der Waals surface area (Å²) < 4.78 is 32.3. The van der Waals surface area contributed by atoms with E-state index in [0.717, 1.165) is 17.7 Å². The van der Waals surface area contributed by atoms with Gasteiger partial charge in [-0.15, -0.1) is 11.6 Å². The molecule has 0 fully saturated rings. The Morgan fingerprint density at radius 3 is 2.60 bits per heavy atom. The van der Waals surface area contributed by atoms with Crippen LogP contribution in [0.3, 0.4) is 0 Å². The number of methoxy groups -OCH3 is 1. The highest BCUT2D eigenvalue weighted by atomic mass is 35.5. The van der Waals surface area contributed by atoms with E-state index < -0.39 is 17.0 Å². The molecule has 2 rings (SSSR count). The van der Waals surface area contributed by atoms with Crippen molar-refractivity contribution in [1.29, 1.82) is 0 Å². The molecular weight excluding hydrogens is 305 g/mol. The van der Waals surface area contributed by atoms with Crippen LogP contribution >= 0.6 is 23.2 Å². The first-order valence-corrected chi connectivity index (χ1v) is 6.74. The molecule has 1 unspecified atom stereocenters. The van der Waals surface area contributed by atoms with Gasteiger partial charge in [-0.2, -0.15) is 0 Å². The van der Waals surface area contributed by atoms with Crippen LogP contribution in [0, 0.1) is 11.6 Å². The minimum atomic E-state index is -0.686. The highest BCUT2D eigenvalue weighted by Gasteiger charge is 2.17. The van der Waals surface area contributed by atoms with Crippen LogP contribution in [0.5, 0.6) is 5.75 Å². The second-order valence-corrected chi connectivity index (χ2v) is 5.25. The molecule has 0 saturated heterocycles. The normalized spacial score (nSPS) is 12.2. The lowest BCUT2D eigenvalue weighted by Crippen LogP contribution is -2.01. The first-order valence-electron chi connectivity index (χ1n) is 5.92. The average Bonchev–Trinajstić information content (AvgIpc) is 2.43. The molecular formula is C15H12Cl2F2O. The lowest BCUT2D eigenvalue weighted by Gasteiger charge is -2.12. The molecule has 2 aromatic rings. The molecule has 0 aliphatic heterocycles. The molecule has 2 aromatic carbocycles. The molecule has 0 saturated carbocycles. The number of hydrogen-bond donors (Lipinski definition) is 0. The first-order chi connectivity index (χ1) is 9.51. The summed E-state index contributed by atoms with van der Waals surface area (Å²) in [4.78, 5) is 0. The Hall–Kier alpha value is -1.32. The third-order valence-corrected chi connectivity index (χ3v) is 3.61. The van der Waals surface area contributed by atoms with Crippen molar-refractivity contribution in [2.45, 2.75) is 11.8 Å². The standard InChI is InChI=1S/C15H12Cl2F2O/c1-20-10-4-2-3-9(5-10)6-12(16)11-7-15(19)13(17)8-14(11)18/h2-5,7-8,12H,6H2,1H3. The molecule has 0 aliphatic rings. The minimum absolute atomic E-state index is 0.0939. The lowest BCUT2D eigenvalue weighted by atomic mass is 10.0. The second-order valence-electron chi connectivity index (χ2n) is 4.31. The summed E-state index contributed by atoms with van der Waals surface area (Å²) in [5.41, 5.74) is 0.968. The summed E-state index contributed by atoms with van der Waals surface area (Å²) in [7, 11) is 1.56. The molecule has 5 heteroatoms. The fourth-order valence-electron chi connectivity index (χ4n) is 1.89. The van der Waals surface area contributed by atoms with Gasteiger partial charge in [-0.25, -0.2) is 8.78 Å². The van der Waals surface area contributed by atoms with Crippen molar-refractivity contribution in [2.75, 3.05) is 7.11 Å². The predicted octanol–water partition coefficient (Wildman–Crippen LogP) is 5.15. The summed E-state index contributed by atoms with van der Waals surface area (Å²) in [5.74, 6) is -0.604. The number of benzene rings is 2. The fourth-order valence-corrected chi connectivity index (χ4v) is 2.39. The lowest BCUT2D eigenvalue weighted by molar-refractivity contribution is 0.414. The average molecular weight is 317 g/mol. The molecule has 0 heterocycles. The highest BCUT2D eigenvalue weighted by molar-refractivity contribution is 6.30. The third kappa shape index (κ3) is 3.41. The number of ether oxygens (including phenoxy) is 1. The van der Waals surface area contributed by atoms with Gasteiger partial charge in [0.1, 0.15) is 17.4 Å². The summed E-state index contributed by atoms with van der Waals surface area (Å²) >= 11 is 11.7. The SMILES string of the molecule is COc1cccc(CC(Cl)c2cc(F)c(Cl)cc2F)c1. The van der Waals surface area contributed by atoms with Crippen LogP contribution in [0.4, 0.5) is 8.78 Å². The van der Waals surface area contributed by atoms with E-state index in [2.05, 4.69) is 0 Å². The fraction of sp³-hybridized carbons (Fsp3) is 0.200. The minimum Gasteiger partial charge on any atom is -0.497 e. The van der Waals surface area contributed by atoms with E-state index in [9.17, 15) is 8.78 Å². The van der Waals surface area contributed by atoms with Crippen molar-refractivity contribution in [2.24, 2.45) is 0 Å². The van der Waals surface area contributed by atoms with E-state index in [4.69, 9.17) is 27.9 Å². The predicted molar refractivity (Wildman–Crippen MR) is 76.7 cm³/mol. The van der Waals surface area contributed by atoms with Crippen molar-refractivity contribution < 1.29 is 13.5 Å². The maximum atomic E-state index is 13.8. The van der Waals surface area contributed by atoms with Crippen LogP contribution in [0.1, 0.15) is 16.5 Å². The smallest absolute Gasteiger partial charge is 0.142 e. The van der Waals surface area contributed by atoms with Gasteiger partial charge in [-0.3, -0.25) is 0 Å². The van der Waals surface area contributed by atoms with Gasteiger partial charge in [0, 0.05) is 5.56 Å². The van der Waals surface area contributed by atoms with E-state index >= 15 is 0 Å². The molecule has 1 nitrogen and oxygen atoms in total. The molecule has 0 N–H and O–H groups in total. The van der Waals surface area contributed by atoms with Crippen LogP contribution < -0.4 is 4.74 Å². The molecule has 0 aromatic heterocycles. The highest BCUT2D eigenvalue weighted by Crippen LogP contribution is 2.31. The summed E-state index contributed by atoms with van der Waals surface area (Å²) in [6, 6.07) is 9.25. The van der Waals surface area contributed by atoms with Gasteiger partial charge in [0.15, 0.2) is 0 Å². The topological polar surface area (TPSA) is 9.23 Å². The molecule has 0 aliphatic carbocycles. The third-order valence-electron chi connectivity index (χ3n) is 2.93. The Bertz CT molecular complexity index is 617. The maximum absolute atomic E-state index is 13.8. The van der Waals surface area contributed by atoms with Gasteiger partial charge in [-0.1, -0.05) is 23.7 Å². The summed E-state index contributed by atoms with van der Waals surface area (Å²) in [5, 5.41) is -0.939. The zero-order valence-electron chi connectivity index (χ0n) is 10.7. The van der Waals surface area contributed by atoms with Crippen LogP contribution in [0.15, 0.2) is 36.4 Å². The van der Waals surface area contributed by atoms with Crippen LogP contribution in [-0.4, -0.2) is 7.11 Å². The van der Waals surface area contributed by atoms with E-state index in [1.54, 1.807) is 19.2 Å². The summed E-state index contributed by atoms with van der Waals surface area (Å²) in [6.07, 6.45) is 0.358. The monoisotopic (exact) mass is 316 g/mol. The van der Waals surface area contributed by atoms with Gasteiger partial charge in [-0.05, 0) is 36.2 Å². The Labute approximate surface area is 126 Å². The van der Waals surface area contributed by atoms with Gasteiger partial charge in [0.2, 0.25) is 0 Å². The molecule has 20 heavy (non-hydrogen) atoms. The Balaban J connectivity index is 2.23. The van der Waals surface area contributed by atoms with Crippen molar-refractivity contribution in [3.63, 3.8) is 0 Å². The number of alkyl halides is 1. The molecule has 1 atom stereocenters. The Kier molecular flexibility index (Phi) is 4.84. The molecule has 106 valence electrons. The Morgan fingerprint density at radius 2 is 1.90 bits per heavy atom. The van der Waals surface area contributed by atoms with Crippen LogP contribution in [0.25, 0.3) is 0 Å². The summed E-state index contributed by atoms with van der Waals surface area (Å²) in [6.45, 7) is 0. The maximum Gasteiger partial charge on any atom is 0.142 e. The van der Waals surface area contributed by atoms with Gasteiger partial charge in [0.05, 0.1) is 17.5 Å².